The summed E-state index contributed by atoms with van der Waals surface area (Å²) in [6.45, 7) is 0. The maximum Gasteiger partial charge on any atom is 0.216 e. The summed E-state index contributed by atoms with van der Waals surface area (Å²) in [7, 11) is 1.64. The number of H-pyrrole nitrogens is 1. The van der Waals surface area contributed by atoms with Crippen molar-refractivity contribution >= 4 is 29.2 Å². The van der Waals surface area contributed by atoms with Crippen LogP contribution < -0.4 is 4.74 Å². The largest absolute Gasteiger partial charge is 0.496 e. The number of benzene rings is 2. The number of nitrogens with one attached hydrogen (secondary N) is 1. The summed E-state index contributed by atoms with van der Waals surface area (Å²) in [6.07, 6.45) is 3.44. The highest BCUT2D eigenvalue weighted by Crippen LogP contribution is 2.26. The van der Waals surface area contributed by atoms with Gasteiger partial charge in [0, 0.05) is 11.8 Å². The van der Waals surface area contributed by atoms with Crippen molar-refractivity contribution in [3.63, 3.8) is 0 Å². The second kappa shape index (κ2) is 6.89. The van der Waals surface area contributed by atoms with Crippen LogP contribution in [-0.4, -0.2) is 33.2 Å². The quantitative estimate of drug-likeness (QED) is 0.440. The van der Waals surface area contributed by atoms with Gasteiger partial charge < -0.3 is 4.74 Å². The van der Waals surface area contributed by atoms with Crippen LogP contribution in [0.1, 0.15) is 5.56 Å². The van der Waals surface area contributed by atoms with Crippen LogP contribution >= 0.6 is 12.2 Å². The third kappa shape index (κ3) is 2.89. The molecule has 0 radical (unpaired) electrons. The first-order chi connectivity index (χ1) is 12.8. The highest BCUT2D eigenvalue weighted by molar-refractivity contribution is 7.71. The SMILES string of the molecule is COc1ccc2ccccc2c1/C=N/n1c(-c2ccccn2)n[nH]c1=S. The zero-order chi connectivity index (χ0) is 17.9. The number of fused-ring (bicyclic) bond motifs is 1. The maximum atomic E-state index is 5.51. The molecule has 2 aromatic carbocycles. The van der Waals surface area contributed by atoms with E-state index in [9.17, 15) is 0 Å². The fourth-order valence-corrected chi connectivity index (χ4v) is 2.94. The van der Waals surface area contributed by atoms with E-state index in [0.717, 1.165) is 22.1 Å². The summed E-state index contributed by atoms with van der Waals surface area (Å²) >= 11 is 5.32. The molecule has 0 aliphatic rings. The second-order valence-electron chi connectivity index (χ2n) is 5.53. The Hall–Kier alpha value is -3.32. The first-order valence-electron chi connectivity index (χ1n) is 7.97. The normalized spacial score (nSPS) is 11.3. The van der Waals surface area contributed by atoms with Gasteiger partial charge in [-0.3, -0.25) is 4.98 Å². The molecule has 2 aromatic heterocycles. The molecular weight excluding hydrogens is 346 g/mol. The minimum absolute atomic E-state index is 0.390. The first kappa shape index (κ1) is 16.2. The molecule has 0 atom stereocenters. The van der Waals surface area contributed by atoms with Gasteiger partial charge in [-0.1, -0.05) is 36.4 Å². The van der Waals surface area contributed by atoms with Crippen molar-refractivity contribution in [1.82, 2.24) is 19.9 Å². The molecule has 0 fully saturated rings. The van der Waals surface area contributed by atoms with Crippen molar-refractivity contribution in [2.24, 2.45) is 5.10 Å². The Morgan fingerprint density at radius 1 is 1.12 bits per heavy atom. The number of ether oxygens (including phenoxy) is 1. The number of hydrogen-bond acceptors (Lipinski definition) is 5. The smallest absolute Gasteiger partial charge is 0.216 e. The van der Waals surface area contributed by atoms with Crippen molar-refractivity contribution in [1.29, 1.82) is 0 Å². The van der Waals surface area contributed by atoms with E-state index in [-0.39, 0.29) is 0 Å². The van der Waals surface area contributed by atoms with E-state index in [1.54, 1.807) is 24.2 Å². The zero-order valence-corrected chi connectivity index (χ0v) is 14.8. The highest BCUT2D eigenvalue weighted by atomic mass is 32.1. The van der Waals surface area contributed by atoms with Gasteiger partial charge in [0.25, 0.3) is 0 Å². The summed E-state index contributed by atoms with van der Waals surface area (Å²) in [6, 6.07) is 17.6. The Balaban J connectivity index is 1.85. The van der Waals surface area contributed by atoms with Gasteiger partial charge in [-0.05, 0) is 41.2 Å². The van der Waals surface area contributed by atoms with Crippen molar-refractivity contribution in [2.45, 2.75) is 0 Å². The predicted octanol–water partition coefficient (Wildman–Crippen LogP) is 4.05. The van der Waals surface area contributed by atoms with Gasteiger partial charge in [0.2, 0.25) is 10.6 Å². The third-order valence-electron chi connectivity index (χ3n) is 4.00. The van der Waals surface area contributed by atoms with Crippen molar-refractivity contribution in [3.8, 4) is 17.3 Å². The molecule has 26 heavy (non-hydrogen) atoms. The number of methoxy groups -OCH3 is 1. The molecule has 1 N–H and O–H groups in total. The van der Waals surface area contributed by atoms with E-state index in [0.29, 0.717) is 16.3 Å². The van der Waals surface area contributed by atoms with Crippen LogP contribution in [-0.2, 0) is 0 Å². The third-order valence-corrected chi connectivity index (χ3v) is 4.26. The van der Waals surface area contributed by atoms with Crippen molar-refractivity contribution in [2.75, 3.05) is 7.11 Å². The summed E-state index contributed by atoms with van der Waals surface area (Å²) < 4.78 is 7.45. The van der Waals surface area contributed by atoms with Crippen LogP contribution in [0.3, 0.4) is 0 Å². The second-order valence-corrected chi connectivity index (χ2v) is 5.91. The topological polar surface area (TPSA) is 68.1 Å². The van der Waals surface area contributed by atoms with Gasteiger partial charge in [0.15, 0.2) is 0 Å². The van der Waals surface area contributed by atoms with Crippen LogP contribution in [0, 0.1) is 4.77 Å². The summed E-state index contributed by atoms with van der Waals surface area (Å²) in [4.78, 5) is 4.31. The molecule has 7 heteroatoms. The van der Waals surface area contributed by atoms with E-state index in [2.05, 4.69) is 26.3 Å². The highest BCUT2D eigenvalue weighted by Gasteiger charge is 2.10. The van der Waals surface area contributed by atoms with Gasteiger partial charge in [0.05, 0.1) is 13.3 Å². The van der Waals surface area contributed by atoms with E-state index in [1.165, 1.54) is 0 Å². The molecule has 6 nitrogen and oxygen atoms in total. The fourth-order valence-electron chi connectivity index (χ4n) is 2.76. The monoisotopic (exact) mass is 361 g/mol. The number of rotatable bonds is 4. The Kier molecular flexibility index (Phi) is 4.28. The lowest BCUT2D eigenvalue weighted by Crippen LogP contribution is -1.98. The molecule has 4 rings (SSSR count). The lowest BCUT2D eigenvalue weighted by Gasteiger charge is -2.08. The molecule has 0 aliphatic carbocycles. The molecule has 2 heterocycles. The molecule has 0 saturated carbocycles. The molecular formula is C19H15N5OS. The van der Waals surface area contributed by atoms with Crippen LogP contribution in [0.5, 0.6) is 5.75 Å². The number of aromatic nitrogens is 4. The lowest BCUT2D eigenvalue weighted by atomic mass is 10.0. The minimum Gasteiger partial charge on any atom is -0.496 e. The predicted molar refractivity (Wildman–Crippen MR) is 104 cm³/mol. The molecule has 4 aromatic rings. The molecule has 0 aliphatic heterocycles. The van der Waals surface area contributed by atoms with E-state index in [4.69, 9.17) is 17.0 Å². The summed E-state index contributed by atoms with van der Waals surface area (Å²) in [5.74, 6) is 1.29. The Labute approximate surface area is 154 Å². The number of hydrogen-bond donors (Lipinski definition) is 1. The molecule has 0 spiro atoms. The van der Waals surface area contributed by atoms with Crippen LogP contribution in [0.2, 0.25) is 0 Å². The molecule has 128 valence electrons. The number of nitrogens with zero attached hydrogens (tertiary/aromatic N) is 4. The van der Waals surface area contributed by atoms with Crippen molar-refractivity contribution < 1.29 is 4.74 Å². The van der Waals surface area contributed by atoms with Gasteiger partial charge in [-0.2, -0.15) is 14.9 Å². The van der Waals surface area contributed by atoms with Gasteiger partial charge in [-0.25, -0.2) is 5.10 Å². The van der Waals surface area contributed by atoms with E-state index >= 15 is 0 Å². The van der Waals surface area contributed by atoms with Crippen LogP contribution in [0.15, 0.2) is 65.9 Å². The number of aromatic amines is 1. The molecule has 0 amide bonds. The van der Waals surface area contributed by atoms with Gasteiger partial charge in [0.1, 0.15) is 11.4 Å². The fraction of sp³-hybridized carbons (Fsp3) is 0.0526. The number of pyridine rings is 1. The van der Waals surface area contributed by atoms with E-state index < -0.39 is 0 Å². The summed E-state index contributed by atoms with van der Waals surface area (Å²) in [5, 5.41) is 13.7. The Morgan fingerprint density at radius 2 is 1.96 bits per heavy atom. The van der Waals surface area contributed by atoms with Gasteiger partial charge >= 0.3 is 0 Å². The molecule has 0 unspecified atom stereocenters. The average Bonchev–Trinajstić information content (AvgIpc) is 3.07. The average molecular weight is 361 g/mol. The van der Waals surface area contributed by atoms with Crippen LogP contribution in [0.4, 0.5) is 0 Å². The van der Waals surface area contributed by atoms with Crippen LogP contribution in [0.25, 0.3) is 22.3 Å². The lowest BCUT2D eigenvalue weighted by molar-refractivity contribution is 0.415. The minimum atomic E-state index is 0.390. The standard InChI is InChI=1S/C19H15N5OS/c1-25-17-10-9-13-6-2-3-7-14(13)15(17)12-21-24-18(22-23-19(24)26)16-8-4-5-11-20-16/h2-12H,1H3,(H,23,26)/b21-12+. The zero-order valence-electron chi connectivity index (χ0n) is 14.0. The summed E-state index contributed by atoms with van der Waals surface area (Å²) in [5.41, 5.74) is 1.56. The maximum absolute atomic E-state index is 5.51. The Morgan fingerprint density at radius 3 is 2.77 bits per heavy atom. The van der Waals surface area contributed by atoms with E-state index in [1.807, 2.05) is 48.5 Å². The first-order valence-corrected chi connectivity index (χ1v) is 8.37. The Bertz CT molecular complexity index is 1150. The molecule has 0 bridgehead atoms. The van der Waals surface area contributed by atoms with Gasteiger partial charge in [-0.15, -0.1) is 0 Å². The molecule has 0 saturated heterocycles. The van der Waals surface area contributed by atoms with Crippen molar-refractivity contribution in [3.05, 3.63) is 71.1 Å².